The van der Waals surface area contributed by atoms with Gasteiger partial charge in [0, 0.05) is 43.8 Å². The summed E-state index contributed by atoms with van der Waals surface area (Å²) >= 11 is 0. The number of rotatable bonds is 6. The minimum atomic E-state index is -0.206. The molecule has 8 heteroatoms. The minimum absolute atomic E-state index is 0.0543. The molecule has 4 rings (SSSR count). The number of fused-ring (bicyclic) bond motifs is 1. The Kier molecular flexibility index (Phi) is 5.70. The van der Waals surface area contributed by atoms with E-state index in [1.807, 2.05) is 18.3 Å². The molecule has 1 aromatic carbocycles. The third-order valence-corrected chi connectivity index (χ3v) is 5.18. The molecule has 3 heterocycles. The summed E-state index contributed by atoms with van der Waals surface area (Å²) < 4.78 is 0. The summed E-state index contributed by atoms with van der Waals surface area (Å²) in [4.78, 5) is 31.9. The number of benzene rings is 1. The van der Waals surface area contributed by atoms with Gasteiger partial charge in [-0.2, -0.15) is 5.10 Å². The second-order valence-electron chi connectivity index (χ2n) is 8.08. The van der Waals surface area contributed by atoms with Gasteiger partial charge < -0.3 is 15.6 Å². The van der Waals surface area contributed by atoms with Crippen LogP contribution in [0.25, 0.3) is 10.8 Å². The van der Waals surface area contributed by atoms with Crippen LogP contribution in [0.5, 0.6) is 0 Å². The van der Waals surface area contributed by atoms with E-state index >= 15 is 0 Å². The summed E-state index contributed by atoms with van der Waals surface area (Å²) in [6.07, 6.45) is 3.57. The maximum Gasteiger partial charge on any atom is 0.259 e. The first-order valence-corrected chi connectivity index (χ1v) is 10.3. The zero-order valence-corrected chi connectivity index (χ0v) is 17.8. The Morgan fingerprint density at radius 2 is 2.03 bits per heavy atom. The first kappa shape index (κ1) is 20.6. The molecule has 2 aromatic heterocycles. The van der Waals surface area contributed by atoms with Crippen LogP contribution < -0.4 is 16.2 Å². The van der Waals surface area contributed by atoms with Crippen molar-refractivity contribution in [1.29, 1.82) is 0 Å². The fraction of sp³-hybridized carbons (Fsp3) is 0.304. The van der Waals surface area contributed by atoms with E-state index in [4.69, 9.17) is 4.98 Å². The number of hydrogen-bond acceptors (Lipinski definition) is 6. The lowest BCUT2D eigenvalue weighted by atomic mass is 10.0. The summed E-state index contributed by atoms with van der Waals surface area (Å²) in [6, 6.07) is 10.9. The lowest BCUT2D eigenvalue weighted by Gasteiger charge is -2.18. The average molecular weight is 419 g/mol. The molecule has 31 heavy (non-hydrogen) atoms. The zero-order valence-electron chi connectivity index (χ0n) is 17.8. The van der Waals surface area contributed by atoms with Crippen molar-refractivity contribution in [3.63, 3.8) is 0 Å². The third kappa shape index (κ3) is 4.42. The smallest absolute Gasteiger partial charge is 0.259 e. The normalized spacial score (nSPS) is 15.6. The SMILES string of the molecule is CNC(=O)c1ccc(Nc2nc(C3C=NN(CC(C)C)C3)cc3cc[nH]c(=O)c23)cc1. The number of nitrogens with one attached hydrogen (secondary N) is 3. The molecule has 1 aliphatic rings. The number of carbonyl (C=O) groups is 1. The van der Waals surface area contributed by atoms with Crippen LogP contribution in [0.3, 0.4) is 0 Å². The molecule has 1 atom stereocenters. The Morgan fingerprint density at radius 1 is 1.26 bits per heavy atom. The van der Waals surface area contributed by atoms with Crippen LogP contribution in [0, 0.1) is 5.92 Å². The second kappa shape index (κ2) is 8.59. The molecule has 0 bridgehead atoms. The predicted octanol–water partition coefficient (Wildman–Crippen LogP) is 3.07. The maximum absolute atomic E-state index is 12.6. The van der Waals surface area contributed by atoms with Crippen LogP contribution >= 0.6 is 0 Å². The molecule has 1 amide bonds. The lowest BCUT2D eigenvalue weighted by molar-refractivity contribution is 0.0963. The molecule has 0 spiro atoms. The van der Waals surface area contributed by atoms with Crippen molar-refractivity contribution in [3.8, 4) is 0 Å². The van der Waals surface area contributed by atoms with Gasteiger partial charge in [0.1, 0.15) is 5.82 Å². The predicted molar refractivity (Wildman–Crippen MR) is 123 cm³/mol. The number of nitrogens with zero attached hydrogens (tertiary/aromatic N) is 3. The largest absolute Gasteiger partial charge is 0.355 e. The second-order valence-corrected chi connectivity index (χ2v) is 8.08. The molecule has 0 saturated carbocycles. The highest BCUT2D eigenvalue weighted by atomic mass is 16.1. The molecule has 1 aliphatic heterocycles. The standard InChI is InChI=1S/C23H26N6O2/c1-14(2)12-29-13-17(11-26-29)19-10-16-8-9-25-23(31)20(16)21(28-19)27-18-6-4-15(5-7-18)22(30)24-3/h4-11,14,17H,12-13H2,1-3H3,(H,24,30)(H,25,31)(H,27,28). The van der Waals surface area contributed by atoms with Crippen molar-refractivity contribution >= 4 is 34.4 Å². The van der Waals surface area contributed by atoms with Gasteiger partial charge in [-0.3, -0.25) is 14.6 Å². The highest BCUT2D eigenvalue weighted by molar-refractivity contribution is 5.95. The summed E-state index contributed by atoms with van der Waals surface area (Å²) in [5, 5.41) is 13.8. The van der Waals surface area contributed by atoms with Crippen LogP contribution in [0.2, 0.25) is 0 Å². The number of aromatic nitrogens is 2. The highest BCUT2D eigenvalue weighted by Crippen LogP contribution is 2.28. The summed E-state index contributed by atoms with van der Waals surface area (Å²) in [7, 11) is 1.59. The summed E-state index contributed by atoms with van der Waals surface area (Å²) in [5.74, 6) is 0.908. The topological polar surface area (TPSA) is 102 Å². The number of H-pyrrole nitrogens is 1. The molecule has 0 aliphatic carbocycles. The number of amides is 1. The third-order valence-electron chi connectivity index (χ3n) is 5.18. The minimum Gasteiger partial charge on any atom is -0.355 e. The molecule has 160 valence electrons. The van der Waals surface area contributed by atoms with E-state index in [1.54, 1.807) is 37.5 Å². The van der Waals surface area contributed by atoms with E-state index in [0.29, 0.717) is 22.7 Å². The van der Waals surface area contributed by atoms with E-state index in [9.17, 15) is 9.59 Å². The number of hydrazone groups is 1. The van der Waals surface area contributed by atoms with E-state index in [-0.39, 0.29) is 17.4 Å². The maximum atomic E-state index is 12.6. The molecule has 8 nitrogen and oxygen atoms in total. The molecular formula is C23H26N6O2. The van der Waals surface area contributed by atoms with Crippen LogP contribution in [0.1, 0.15) is 35.8 Å². The lowest BCUT2D eigenvalue weighted by Crippen LogP contribution is -2.22. The first-order chi connectivity index (χ1) is 14.9. The van der Waals surface area contributed by atoms with Gasteiger partial charge in [0.05, 0.1) is 17.0 Å². The average Bonchev–Trinajstić information content (AvgIpc) is 3.21. The molecule has 3 N–H and O–H groups in total. The van der Waals surface area contributed by atoms with Gasteiger partial charge in [-0.1, -0.05) is 13.8 Å². The van der Waals surface area contributed by atoms with Gasteiger partial charge in [0.15, 0.2) is 0 Å². The van der Waals surface area contributed by atoms with Crippen LogP contribution in [-0.4, -0.2) is 47.2 Å². The van der Waals surface area contributed by atoms with E-state index in [1.165, 1.54) is 0 Å². The van der Waals surface area contributed by atoms with Gasteiger partial charge in [-0.15, -0.1) is 0 Å². The molecular weight excluding hydrogens is 392 g/mol. The first-order valence-electron chi connectivity index (χ1n) is 10.3. The number of hydrogen-bond donors (Lipinski definition) is 3. The number of aromatic amines is 1. The Morgan fingerprint density at radius 3 is 2.74 bits per heavy atom. The Labute approximate surface area is 180 Å². The van der Waals surface area contributed by atoms with Gasteiger partial charge in [-0.05, 0) is 47.7 Å². The van der Waals surface area contributed by atoms with Gasteiger partial charge >= 0.3 is 0 Å². The van der Waals surface area contributed by atoms with Crippen molar-refractivity contribution in [3.05, 3.63) is 64.2 Å². The van der Waals surface area contributed by atoms with Gasteiger partial charge in [-0.25, -0.2) is 4.98 Å². The van der Waals surface area contributed by atoms with Crippen molar-refractivity contribution in [2.75, 3.05) is 25.5 Å². The molecule has 1 unspecified atom stereocenters. The Bertz CT molecular complexity index is 1180. The quantitative estimate of drug-likeness (QED) is 0.571. The van der Waals surface area contributed by atoms with Gasteiger partial charge in [0.2, 0.25) is 0 Å². The Balaban J connectivity index is 1.68. The highest BCUT2D eigenvalue weighted by Gasteiger charge is 2.23. The van der Waals surface area contributed by atoms with Crippen molar-refractivity contribution in [2.45, 2.75) is 19.8 Å². The molecule has 3 aromatic rings. The van der Waals surface area contributed by atoms with Crippen LogP contribution in [0.4, 0.5) is 11.5 Å². The van der Waals surface area contributed by atoms with Crippen molar-refractivity contribution in [1.82, 2.24) is 20.3 Å². The fourth-order valence-electron chi connectivity index (χ4n) is 3.71. The van der Waals surface area contributed by atoms with Crippen molar-refractivity contribution in [2.24, 2.45) is 11.0 Å². The number of carbonyl (C=O) groups excluding carboxylic acids is 1. The fourth-order valence-corrected chi connectivity index (χ4v) is 3.71. The molecule has 0 radical (unpaired) electrons. The van der Waals surface area contributed by atoms with E-state index in [2.05, 4.69) is 39.6 Å². The number of pyridine rings is 2. The van der Waals surface area contributed by atoms with Crippen LogP contribution in [0.15, 0.2) is 52.5 Å². The van der Waals surface area contributed by atoms with Crippen LogP contribution in [-0.2, 0) is 0 Å². The van der Waals surface area contributed by atoms with Gasteiger partial charge in [0.25, 0.3) is 11.5 Å². The van der Waals surface area contributed by atoms with Crippen molar-refractivity contribution < 1.29 is 4.79 Å². The molecule has 0 saturated heterocycles. The zero-order chi connectivity index (χ0) is 22.0. The monoisotopic (exact) mass is 418 g/mol. The number of anilines is 2. The van der Waals surface area contributed by atoms with E-state index < -0.39 is 0 Å². The Hall–Kier alpha value is -3.68. The molecule has 0 fully saturated rings. The summed E-state index contributed by atoms with van der Waals surface area (Å²) in [6.45, 7) is 5.99. The van der Waals surface area contributed by atoms with E-state index in [0.717, 1.165) is 29.9 Å². The summed E-state index contributed by atoms with van der Waals surface area (Å²) in [5.41, 5.74) is 1.95.